The lowest BCUT2D eigenvalue weighted by atomic mass is 9.92. The van der Waals surface area contributed by atoms with E-state index in [1.807, 2.05) is 19.1 Å². The van der Waals surface area contributed by atoms with Gasteiger partial charge in [0.2, 0.25) is 5.78 Å². The van der Waals surface area contributed by atoms with Crippen LogP contribution in [-0.4, -0.2) is 32.7 Å². The van der Waals surface area contributed by atoms with Crippen LogP contribution < -0.4 is 0 Å². The fourth-order valence-corrected chi connectivity index (χ4v) is 5.54. The van der Waals surface area contributed by atoms with Crippen LogP contribution in [0.4, 0.5) is 0 Å². The molecule has 1 aliphatic carbocycles. The number of carbonyl (C=O) groups excluding carboxylic acids is 2. The highest BCUT2D eigenvalue weighted by molar-refractivity contribution is 7.14. The summed E-state index contributed by atoms with van der Waals surface area (Å²) in [5.74, 6) is -0.734. The van der Waals surface area contributed by atoms with E-state index in [1.165, 1.54) is 16.9 Å². The normalized spacial score (nSPS) is 20.1. The summed E-state index contributed by atoms with van der Waals surface area (Å²) in [6.07, 6.45) is 3.93. The number of carbonyl (C=O) groups is 2. The number of aromatic nitrogens is 1. The molecule has 0 saturated heterocycles. The van der Waals surface area contributed by atoms with Crippen LogP contribution in [0.3, 0.4) is 0 Å². The third-order valence-electron chi connectivity index (χ3n) is 6.24. The van der Waals surface area contributed by atoms with Crippen molar-refractivity contribution in [1.29, 1.82) is 0 Å². The molecule has 1 aromatic carbocycles. The van der Waals surface area contributed by atoms with Crippen LogP contribution in [0.2, 0.25) is 0 Å². The minimum absolute atomic E-state index is 0.0454. The van der Waals surface area contributed by atoms with Gasteiger partial charge in [0.1, 0.15) is 0 Å². The molecule has 1 aromatic heterocycles. The van der Waals surface area contributed by atoms with Gasteiger partial charge in [-0.3, -0.25) is 9.59 Å². The van der Waals surface area contributed by atoms with Gasteiger partial charge in [0.15, 0.2) is 5.76 Å². The smallest absolute Gasteiger partial charge is 0.290 e. The molecular formula is C24H28N2O3S. The van der Waals surface area contributed by atoms with Crippen molar-refractivity contribution >= 4 is 23.0 Å². The SMILES string of the molecule is Cc1nc(C)c(C(=O)C2=C(O)C(=O)N(C3CCCC3)C2c2ccc(C(C)C)cc2)s1. The fraction of sp³-hybridized carbons (Fsp3) is 0.458. The van der Waals surface area contributed by atoms with Gasteiger partial charge in [-0.2, -0.15) is 0 Å². The summed E-state index contributed by atoms with van der Waals surface area (Å²) in [4.78, 5) is 33.3. The molecule has 1 N–H and O–H groups in total. The minimum Gasteiger partial charge on any atom is -0.503 e. The number of ketones is 1. The number of amides is 1. The van der Waals surface area contributed by atoms with Crippen LogP contribution in [0, 0.1) is 13.8 Å². The summed E-state index contributed by atoms with van der Waals surface area (Å²) in [6, 6.07) is 7.58. The second kappa shape index (κ2) is 7.99. The summed E-state index contributed by atoms with van der Waals surface area (Å²) >= 11 is 1.31. The van der Waals surface area contributed by atoms with E-state index in [0.717, 1.165) is 36.3 Å². The molecule has 30 heavy (non-hydrogen) atoms. The lowest BCUT2D eigenvalue weighted by Crippen LogP contribution is -2.38. The fourth-order valence-electron chi connectivity index (χ4n) is 4.67. The van der Waals surface area contributed by atoms with Crippen molar-refractivity contribution in [3.8, 4) is 0 Å². The van der Waals surface area contributed by atoms with E-state index in [4.69, 9.17) is 0 Å². The molecule has 2 heterocycles. The number of hydrogen-bond acceptors (Lipinski definition) is 5. The third-order valence-corrected chi connectivity index (χ3v) is 7.31. The second-order valence-electron chi connectivity index (χ2n) is 8.61. The molecule has 4 rings (SSSR count). The topological polar surface area (TPSA) is 70.5 Å². The van der Waals surface area contributed by atoms with E-state index in [0.29, 0.717) is 16.5 Å². The molecule has 0 radical (unpaired) electrons. The molecule has 2 aromatic rings. The summed E-state index contributed by atoms with van der Waals surface area (Å²) in [5.41, 5.74) is 2.90. The van der Waals surface area contributed by atoms with E-state index >= 15 is 0 Å². The predicted octanol–water partition coefficient (Wildman–Crippen LogP) is 5.40. The summed E-state index contributed by atoms with van der Waals surface area (Å²) < 4.78 is 0. The van der Waals surface area contributed by atoms with Crippen molar-refractivity contribution in [2.75, 3.05) is 0 Å². The van der Waals surface area contributed by atoms with E-state index < -0.39 is 17.7 Å². The molecule has 1 atom stereocenters. The first kappa shape index (κ1) is 20.8. The van der Waals surface area contributed by atoms with Crippen LogP contribution in [0.15, 0.2) is 35.6 Å². The molecule has 1 saturated carbocycles. The van der Waals surface area contributed by atoms with Crippen molar-refractivity contribution in [1.82, 2.24) is 9.88 Å². The highest BCUT2D eigenvalue weighted by Gasteiger charge is 2.47. The molecule has 1 unspecified atom stereocenters. The molecular weight excluding hydrogens is 396 g/mol. The summed E-state index contributed by atoms with van der Waals surface area (Å²) in [5, 5.41) is 11.6. The quantitative estimate of drug-likeness (QED) is 0.652. The highest BCUT2D eigenvalue weighted by atomic mass is 32.1. The number of thiazole rings is 1. The lowest BCUT2D eigenvalue weighted by molar-refractivity contribution is -0.131. The van der Waals surface area contributed by atoms with Crippen LogP contribution in [0.25, 0.3) is 0 Å². The zero-order valence-corrected chi connectivity index (χ0v) is 18.8. The van der Waals surface area contributed by atoms with Crippen LogP contribution in [-0.2, 0) is 4.79 Å². The van der Waals surface area contributed by atoms with Crippen LogP contribution in [0.5, 0.6) is 0 Å². The molecule has 0 bridgehead atoms. The van der Waals surface area contributed by atoms with E-state index in [-0.39, 0.29) is 17.4 Å². The van der Waals surface area contributed by atoms with Gasteiger partial charge in [-0.15, -0.1) is 11.3 Å². The maximum atomic E-state index is 13.5. The standard InChI is InChI=1S/C24H28N2O3S/c1-13(2)16-9-11-17(12-10-16)20-19(21(27)23-14(3)25-15(4)30-23)22(28)24(29)26(20)18-7-5-6-8-18/h9-13,18,20,28H,5-8H2,1-4H3. The number of aryl methyl sites for hydroxylation is 2. The van der Waals surface area contributed by atoms with Crippen molar-refractivity contribution in [3.05, 3.63) is 62.3 Å². The minimum atomic E-state index is -0.559. The van der Waals surface area contributed by atoms with Gasteiger partial charge in [0, 0.05) is 6.04 Å². The molecule has 1 fully saturated rings. The Labute approximate surface area is 181 Å². The number of aliphatic hydroxyl groups is 1. The number of nitrogens with zero attached hydrogens (tertiary/aromatic N) is 2. The number of Topliss-reactive ketones (excluding diaryl/α,β-unsaturated/α-hetero) is 1. The van der Waals surface area contributed by atoms with Crippen LogP contribution >= 0.6 is 11.3 Å². The van der Waals surface area contributed by atoms with Gasteiger partial charge < -0.3 is 10.0 Å². The molecule has 1 aliphatic heterocycles. The molecule has 2 aliphatic rings. The van der Waals surface area contributed by atoms with Gasteiger partial charge in [0.05, 0.1) is 27.2 Å². The first-order chi connectivity index (χ1) is 14.3. The molecule has 5 nitrogen and oxygen atoms in total. The Morgan fingerprint density at radius 1 is 1.17 bits per heavy atom. The zero-order chi connectivity index (χ0) is 21.6. The predicted molar refractivity (Wildman–Crippen MR) is 118 cm³/mol. The Morgan fingerprint density at radius 3 is 2.33 bits per heavy atom. The number of benzene rings is 1. The Bertz CT molecular complexity index is 1010. The Kier molecular flexibility index (Phi) is 5.53. The largest absolute Gasteiger partial charge is 0.503 e. The molecule has 1 amide bonds. The monoisotopic (exact) mass is 424 g/mol. The Balaban J connectivity index is 1.81. The zero-order valence-electron chi connectivity index (χ0n) is 17.9. The van der Waals surface area contributed by atoms with Crippen molar-refractivity contribution in [3.63, 3.8) is 0 Å². The van der Waals surface area contributed by atoms with Gasteiger partial charge >= 0.3 is 0 Å². The second-order valence-corrected chi connectivity index (χ2v) is 9.82. The van der Waals surface area contributed by atoms with E-state index in [2.05, 4.69) is 31.0 Å². The van der Waals surface area contributed by atoms with E-state index in [9.17, 15) is 14.7 Å². The molecule has 158 valence electrons. The maximum Gasteiger partial charge on any atom is 0.290 e. The highest BCUT2D eigenvalue weighted by Crippen LogP contribution is 2.44. The summed E-state index contributed by atoms with van der Waals surface area (Å²) in [6.45, 7) is 7.92. The average Bonchev–Trinajstić information content (AvgIpc) is 3.41. The Morgan fingerprint density at radius 2 is 1.80 bits per heavy atom. The average molecular weight is 425 g/mol. The third kappa shape index (κ3) is 3.47. The first-order valence-corrected chi connectivity index (χ1v) is 11.5. The first-order valence-electron chi connectivity index (χ1n) is 10.6. The summed E-state index contributed by atoms with van der Waals surface area (Å²) in [7, 11) is 0. The van der Waals surface area contributed by atoms with E-state index in [1.54, 1.807) is 11.8 Å². The van der Waals surface area contributed by atoms with Crippen molar-refractivity contribution in [2.45, 2.75) is 71.4 Å². The molecule has 6 heteroatoms. The lowest BCUT2D eigenvalue weighted by Gasteiger charge is -2.32. The van der Waals surface area contributed by atoms with Crippen LogP contribution in [0.1, 0.15) is 83.0 Å². The van der Waals surface area contributed by atoms with Gasteiger partial charge in [0.25, 0.3) is 5.91 Å². The van der Waals surface area contributed by atoms with Gasteiger partial charge in [-0.1, -0.05) is 51.0 Å². The van der Waals surface area contributed by atoms with Gasteiger partial charge in [-0.05, 0) is 43.7 Å². The number of aliphatic hydroxyl groups excluding tert-OH is 1. The van der Waals surface area contributed by atoms with Crippen molar-refractivity contribution < 1.29 is 14.7 Å². The Hall–Kier alpha value is -2.47. The maximum absolute atomic E-state index is 13.5. The molecule has 0 spiro atoms. The van der Waals surface area contributed by atoms with Crippen molar-refractivity contribution in [2.24, 2.45) is 0 Å². The number of rotatable bonds is 5. The number of hydrogen-bond donors (Lipinski definition) is 1. The van der Waals surface area contributed by atoms with Gasteiger partial charge in [-0.25, -0.2) is 4.98 Å².